The number of benzene rings is 2. The maximum Gasteiger partial charge on any atom is 0.234 e. The fraction of sp³-hybridized carbons (Fsp3) is 0.292. The minimum Gasteiger partial charge on any atom is -0.439 e. The first-order chi connectivity index (χ1) is 15.5. The zero-order chi connectivity index (χ0) is 22.3. The molecule has 0 radical (unpaired) electrons. The number of nitrogens with one attached hydrogen (secondary N) is 2. The molecule has 0 spiro atoms. The molecule has 2 N–H and O–H groups in total. The van der Waals surface area contributed by atoms with Crippen LogP contribution in [-0.4, -0.2) is 28.2 Å². The Bertz CT molecular complexity index is 1040. The number of thiocarbonyl (C=S) groups is 1. The SMILES string of the molecule is CC1CCN(c2cc(Oc3ccccc3)nc(NC(=S)NCc3ccc(Cl)cc3)n2)CC1. The molecule has 4 rings (SSSR count). The Balaban J connectivity index is 1.48. The second-order valence-corrected chi connectivity index (χ2v) is 8.75. The lowest BCUT2D eigenvalue weighted by atomic mass is 9.99. The van der Waals surface area contributed by atoms with Crippen LogP contribution in [0.3, 0.4) is 0 Å². The van der Waals surface area contributed by atoms with E-state index >= 15 is 0 Å². The van der Waals surface area contributed by atoms with E-state index in [1.165, 1.54) is 0 Å². The molecular formula is C24H26ClN5OS. The van der Waals surface area contributed by atoms with Gasteiger partial charge in [0, 0.05) is 30.7 Å². The molecule has 32 heavy (non-hydrogen) atoms. The van der Waals surface area contributed by atoms with Crippen molar-refractivity contribution in [3.05, 3.63) is 71.2 Å². The molecule has 166 valence electrons. The van der Waals surface area contributed by atoms with E-state index in [1.807, 2.05) is 60.7 Å². The van der Waals surface area contributed by atoms with Gasteiger partial charge >= 0.3 is 0 Å². The van der Waals surface area contributed by atoms with Crippen LogP contribution < -0.4 is 20.3 Å². The molecule has 0 aliphatic carbocycles. The minimum absolute atomic E-state index is 0.403. The fourth-order valence-corrected chi connectivity index (χ4v) is 3.75. The summed E-state index contributed by atoms with van der Waals surface area (Å²) in [5.41, 5.74) is 1.07. The summed E-state index contributed by atoms with van der Waals surface area (Å²) in [7, 11) is 0. The highest BCUT2D eigenvalue weighted by molar-refractivity contribution is 7.80. The largest absolute Gasteiger partial charge is 0.439 e. The topological polar surface area (TPSA) is 62.3 Å². The van der Waals surface area contributed by atoms with Crippen LogP contribution in [0.4, 0.5) is 11.8 Å². The van der Waals surface area contributed by atoms with Crippen LogP contribution in [-0.2, 0) is 6.54 Å². The smallest absolute Gasteiger partial charge is 0.234 e. The van der Waals surface area contributed by atoms with E-state index < -0.39 is 0 Å². The molecule has 0 atom stereocenters. The van der Waals surface area contributed by atoms with Gasteiger partial charge in [-0.3, -0.25) is 0 Å². The number of hydrogen-bond acceptors (Lipinski definition) is 5. The number of hydrogen-bond donors (Lipinski definition) is 2. The number of anilines is 2. The van der Waals surface area contributed by atoms with E-state index in [4.69, 9.17) is 33.5 Å². The number of piperidine rings is 1. The van der Waals surface area contributed by atoms with Gasteiger partial charge in [-0.15, -0.1) is 0 Å². The normalized spacial score (nSPS) is 14.1. The maximum absolute atomic E-state index is 6.00. The first kappa shape index (κ1) is 22.3. The minimum atomic E-state index is 0.403. The van der Waals surface area contributed by atoms with Crippen molar-refractivity contribution in [1.82, 2.24) is 15.3 Å². The molecule has 6 nitrogen and oxygen atoms in total. The van der Waals surface area contributed by atoms with Gasteiger partial charge in [0.25, 0.3) is 0 Å². The average molecular weight is 468 g/mol. The van der Waals surface area contributed by atoms with Gasteiger partial charge in [0.2, 0.25) is 11.8 Å². The van der Waals surface area contributed by atoms with Crippen molar-refractivity contribution >= 4 is 40.7 Å². The molecule has 3 aromatic rings. The van der Waals surface area contributed by atoms with E-state index in [9.17, 15) is 0 Å². The second kappa shape index (κ2) is 10.6. The number of para-hydroxylation sites is 1. The third kappa shape index (κ3) is 6.31. The zero-order valence-electron chi connectivity index (χ0n) is 17.9. The highest BCUT2D eigenvalue weighted by atomic mass is 35.5. The Hall–Kier alpha value is -2.90. The summed E-state index contributed by atoms with van der Waals surface area (Å²) in [5.74, 6) is 3.17. The summed E-state index contributed by atoms with van der Waals surface area (Å²) < 4.78 is 6.00. The molecular weight excluding hydrogens is 442 g/mol. The van der Waals surface area contributed by atoms with Gasteiger partial charge < -0.3 is 20.3 Å². The summed E-state index contributed by atoms with van der Waals surface area (Å²) in [6.07, 6.45) is 2.28. The van der Waals surface area contributed by atoms with Crippen LogP contribution in [0.2, 0.25) is 5.02 Å². The molecule has 0 amide bonds. The molecule has 0 bridgehead atoms. The summed E-state index contributed by atoms with van der Waals surface area (Å²) in [6, 6.07) is 19.1. The molecule has 1 aliphatic heterocycles. The predicted octanol–water partition coefficient (Wildman–Crippen LogP) is 5.65. The van der Waals surface area contributed by atoms with Gasteiger partial charge in [0.15, 0.2) is 5.11 Å². The maximum atomic E-state index is 6.00. The van der Waals surface area contributed by atoms with E-state index in [0.717, 1.165) is 49.0 Å². The Morgan fingerprint density at radius 2 is 1.81 bits per heavy atom. The van der Waals surface area contributed by atoms with Gasteiger partial charge in [-0.2, -0.15) is 9.97 Å². The lowest BCUT2D eigenvalue weighted by molar-refractivity contribution is 0.434. The van der Waals surface area contributed by atoms with E-state index in [2.05, 4.69) is 27.4 Å². The van der Waals surface area contributed by atoms with Crippen molar-refractivity contribution in [2.45, 2.75) is 26.3 Å². The molecule has 1 saturated heterocycles. The van der Waals surface area contributed by atoms with Crippen LogP contribution in [0.5, 0.6) is 11.6 Å². The molecule has 2 aromatic carbocycles. The van der Waals surface area contributed by atoms with Gasteiger partial charge in [-0.25, -0.2) is 0 Å². The molecule has 0 saturated carbocycles. The van der Waals surface area contributed by atoms with E-state index in [0.29, 0.717) is 28.5 Å². The lowest BCUT2D eigenvalue weighted by Gasteiger charge is -2.31. The van der Waals surface area contributed by atoms with Crippen molar-refractivity contribution in [1.29, 1.82) is 0 Å². The number of rotatable bonds is 6. The Morgan fingerprint density at radius 3 is 2.53 bits per heavy atom. The average Bonchev–Trinajstić information content (AvgIpc) is 2.80. The number of nitrogens with zero attached hydrogens (tertiary/aromatic N) is 3. The van der Waals surface area contributed by atoms with Gasteiger partial charge in [-0.05, 0) is 60.8 Å². The number of halogens is 1. The van der Waals surface area contributed by atoms with E-state index in [1.54, 1.807) is 0 Å². The Kier molecular flexibility index (Phi) is 7.39. The Morgan fingerprint density at radius 1 is 1.09 bits per heavy atom. The molecule has 0 unspecified atom stereocenters. The van der Waals surface area contributed by atoms with Crippen molar-refractivity contribution in [3.8, 4) is 11.6 Å². The molecule has 1 fully saturated rings. The molecule has 1 aromatic heterocycles. The fourth-order valence-electron chi connectivity index (χ4n) is 3.46. The second-order valence-electron chi connectivity index (χ2n) is 7.91. The van der Waals surface area contributed by atoms with Crippen LogP contribution in [0.15, 0.2) is 60.7 Å². The molecule has 2 heterocycles. The van der Waals surface area contributed by atoms with Crippen LogP contribution in [0, 0.1) is 5.92 Å². The number of ether oxygens (including phenoxy) is 1. The zero-order valence-corrected chi connectivity index (χ0v) is 19.5. The van der Waals surface area contributed by atoms with Gasteiger partial charge in [-0.1, -0.05) is 48.9 Å². The van der Waals surface area contributed by atoms with Gasteiger partial charge in [0.05, 0.1) is 0 Å². The van der Waals surface area contributed by atoms with Crippen LogP contribution >= 0.6 is 23.8 Å². The lowest BCUT2D eigenvalue weighted by Crippen LogP contribution is -2.34. The number of aromatic nitrogens is 2. The van der Waals surface area contributed by atoms with Crippen molar-refractivity contribution in [2.24, 2.45) is 5.92 Å². The van der Waals surface area contributed by atoms with Crippen LogP contribution in [0.25, 0.3) is 0 Å². The first-order valence-corrected chi connectivity index (χ1v) is 11.5. The summed E-state index contributed by atoms with van der Waals surface area (Å²) in [5, 5.41) is 7.43. The quantitative estimate of drug-likeness (QED) is 0.454. The van der Waals surface area contributed by atoms with Crippen LogP contribution in [0.1, 0.15) is 25.3 Å². The first-order valence-electron chi connectivity index (χ1n) is 10.7. The van der Waals surface area contributed by atoms with Crippen molar-refractivity contribution in [3.63, 3.8) is 0 Å². The van der Waals surface area contributed by atoms with E-state index in [-0.39, 0.29) is 0 Å². The highest BCUT2D eigenvalue weighted by Gasteiger charge is 2.19. The van der Waals surface area contributed by atoms with Crippen molar-refractivity contribution in [2.75, 3.05) is 23.3 Å². The monoisotopic (exact) mass is 467 g/mol. The highest BCUT2D eigenvalue weighted by Crippen LogP contribution is 2.27. The predicted molar refractivity (Wildman–Crippen MR) is 134 cm³/mol. The molecule has 1 aliphatic rings. The third-order valence-electron chi connectivity index (χ3n) is 5.35. The summed E-state index contributed by atoms with van der Waals surface area (Å²) in [4.78, 5) is 11.5. The summed E-state index contributed by atoms with van der Waals surface area (Å²) >= 11 is 11.4. The van der Waals surface area contributed by atoms with Gasteiger partial charge in [0.1, 0.15) is 11.6 Å². The van der Waals surface area contributed by atoms with Crippen molar-refractivity contribution < 1.29 is 4.74 Å². The summed E-state index contributed by atoms with van der Waals surface area (Å²) in [6.45, 7) is 4.78. The standard InChI is InChI=1S/C24H26ClN5OS/c1-17-11-13-30(14-12-17)21-15-22(31-20-5-3-2-4-6-20)28-23(27-21)29-24(32)26-16-18-7-9-19(25)10-8-18/h2-10,15,17H,11-14,16H2,1H3,(H2,26,27,28,29,32). The molecule has 8 heteroatoms. The Labute approximate surface area is 199 Å². The third-order valence-corrected chi connectivity index (χ3v) is 5.85.